The molecule has 1 rings (SSSR count). The summed E-state index contributed by atoms with van der Waals surface area (Å²) in [5, 5.41) is 0.819. The van der Waals surface area contributed by atoms with Crippen molar-refractivity contribution in [2.24, 2.45) is 0 Å². The third kappa shape index (κ3) is 1.72. The fourth-order valence-electron chi connectivity index (χ4n) is 0.761. The molecule has 0 radical (unpaired) electrons. The first-order chi connectivity index (χ1) is 5.27. The van der Waals surface area contributed by atoms with Gasteiger partial charge in [0.1, 0.15) is 5.03 Å². The molecule has 0 aliphatic rings. The Kier molecular flexibility index (Phi) is 2.50. The summed E-state index contributed by atoms with van der Waals surface area (Å²) < 4.78 is 0. The number of thioether (sulfide) groups is 1. The maximum Gasteiger partial charge on any atom is 0.218 e. The van der Waals surface area contributed by atoms with Crippen molar-refractivity contribution in [3.8, 4) is 0 Å². The van der Waals surface area contributed by atoms with E-state index in [1.165, 1.54) is 11.8 Å². The van der Waals surface area contributed by atoms with Crippen molar-refractivity contribution in [2.45, 2.75) is 11.9 Å². The van der Waals surface area contributed by atoms with Gasteiger partial charge in [-0.05, 0) is 13.2 Å². The standard InChI is InChI=1S/C8H8N2S/c1-6-4-5-7(9-2)8(10-6)11-3/h4-5H,1,3H3. The van der Waals surface area contributed by atoms with E-state index in [0.717, 1.165) is 10.7 Å². The van der Waals surface area contributed by atoms with Crippen LogP contribution in [0.5, 0.6) is 0 Å². The number of aryl methyl sites for hydroxylation is 1. The molecule has 0 spiro atoms. The zero-order valence-electron chi connectivity index (χ0n) is 6.46. The number of nitrogens with zero attached hydrogens (tertiary/aromatic N) is 2. The highest BCUT2D eigenvalue weighted by molar-refractivity contribution is 7.98. The van der Waals surface area contributed by atoms with Crippen molar-refractivity contribution >= 4 is 17.4 Å². The van der Waals surface area contributed by atoms with Crippen molar-refractivity contribution < 1.29 is 0 Å². The molecule has 1 heterocycles. The Bertz CT molecular complexity index is 301. The van der Waals surface area contributed by atoms with Crippen LogP contribution in [0.1, 0.15) is 5.69 Å². The minimum atomic E-state index is 0.642. The highest BCUT2D eigenvalue weighted by Crippen LogP contribution is 2.25. The smallest absolute Gasteiger partial charge is 0.218 e. The highest BCUT2D eigenvalue weighted by atomic mass is 32.2. The molecule has 3 heteroatoms. The first-order valence-corrected chi connectivity index (χ1v) is 4.39. The number of rotatable bonds is 1. The Labute approximate surface area is 70.5 Å². The van der Waals surface area contributed by atoms with E-state index in [9.17, 15) is 0 Å². The second-order valence-corrected chi connectivity index (χ2v) is 2.89. The second kappa shape index (κ2) is 3.40. The van der Waals surface area contributed by atoms with Crippen LogP contribution >= 0.6 is 11.8 Å². The molecule has 11 heavy (non-hydrogen) atoms. The van der Waals surface area contributed by atoms with Crippen LogP contribution in [0.3, 0.4) is 0 Å². The van der Waals surface area contributed by atoms with Gasteiger partial charge in [-0.15, -0.1) is 11.8 Å². The molecule has 56 valence electrons. The molecular formula is C8H8N2S. The average molecular weight is 164 g/mol. The lowest BCUT2D eigenvalue weighted by atomic mass is 10.3. The van der Waals surface area contributed by atoms with Crippen molar-refractivity contribution in [3.05, 3.63) is 29.2 Å². The first kappa shape index (κ1) is 8.09. The lowest BCUT2D eigenvalue weighted by molar-refractivity contribution is 1.08. The largest absolute Gasteiger partial charge is 0.259 e. The lowest BCUT2D eigenvalue weighted by Crippen LogP contribution is -1.82. The molecule has 0 aromatic carbocycles. The van der Waals surface area contributed by atoms with Crippen molar-refractivity contribution in [1.82, 2.24) is 4.98 Å². The summed E-state index contributed by atoms with van der Waals surface area (Å²) in [6, 6.07) is 3.66. The van der Waals surface area contributed by atoms with Gasteiger partial charge in [0.15, 0.2) is 0 Å². The van der Waals surface area contributed by atoms with Crippen LogP contribution in [-0.2, 0) is 0 Å². The topological polar surface area (TPSA) is 17.2 Å². The Hall–Kier alpha value is -1.01. The summed E-state index contributed by atoms with van der Waals surface area (Å²) >= 11 is 1.51. The quantitative estimate of drug-likeness (QED) is 0.469. The number of aromatic nitrogens is 1. The van der Waals surface area contributed by atoms with E-state index in [2.05, 4.69) is 9.83 Å². The van der Waals surface area contributed by atoms with Crippen LogP contribution in [0.4, 0.5) is 5.69 Å². The van der Waals surface area contributed by atoms with Crippen LogP contribution in [0.25, 0.3) is 4.85 Å². The predicted octanol–water partition coefficient (Wildman–Crippen LogP) is 2.66. The molecule has 0 bridgehead atoms. The zero-order valence-corrected chi connectivity index (χ0v) is 7.27. The van der Waals surface area contributed by atoms with Crippen LogP contribution in [-0.4, -0.2) is 11.2 Å². The van der Waals surface area contributed by atoms with E-state index in [1.54, 1.807) is 6.07 Å². The van der Waals surface area contributed by atoms with Gasteiger partial charge in [0.2, 0.25) is 5.69 Å². The normalized spacial score (nSPS) is 9.18. The molecule has 1 aromatic rings. The minimum Gasteiger partial charge on any atom is -0.259 e. The van der Waals surface area contributed by atoms with E-state index < -0.39 is 0 Å². The van der Waals surface area contributed by atoms with Gasteiger partial charge < -0.3 is 0 Å². The third-order valence-electron chi connectivity index (χ3n) is 1.29. The molecule has 2 nitrogen and oxygen atoms in total. The highest BCUT2D eigenvalue weighted by Gasteiger charge is 2.00. The Morgan fingerprint density at radius 3 is 2.82 bits per heavy atom. The molecule has 0 N–H and O–H groups in total. The van der Waals surface area contributed by atoms with E-state index >= 15 is 0 Å². The van der Waals surface area contributed by atoms with Gasteiger partial charge in [-0.3, -0.25) is 4.98 Å². The number of hydrogen-bond donors (Lipinski definition) is 0. The van der Waals surface area contributed by atoms with E-state index in [4.69, 9.17) is 6.57 Å². The van der Waals surface area contributed by atoms with Gasteiger partial charge >= 0.3 is 0 Å². The van der Waals surface area contributed by atoms with Gasteiger partial charge in [-0.1, -0.05) is 12.1 Å². The van der Waals surface area contributed by atoms with Crippen LogP contribution in [0.2, 0.25) is 0 Å². The number of hydrogen-bond acceptors (Lipinski definition) is 2. The first-order valence-electron chi connectivity index (χ1n) is 3.17. The lowest BCUT2D eigenvalue weighted by Gasteiger charge is -1.98. The zero-order chi connectivity index (χ0) is 8.27. The Balaban J connectivity index is 3.19. The molecule has 0 saturated heterocycles. The predicted molar refractivity (Wildman–Crippen MR) is 47.0 cm³/mol. The molecule has 0 amide bonds. The summed E-state index contributed by atoms with van der Waals surface area (Å²) in [4.78, 5) is 7.56. The van der Waals surface area contributed by atoms with Crippen LogP contribution < -0.4 is 0 Å². The van der Waals surface area contributed by atoms with Crippen LogP contribution in [0.15, 0.2) is 17.2 Å². The maximum absolute atomic E-state index is 6.83. The molecule has 0 saturated carbocycles. The summed E-state index contributed by atoms with van der Waals surface area (Å²) in [6.45, 7) is 8.75. The summed E-state index contributed by atoms with van der Waals surface area (Å²) in [6.07, 6.45) is 1.93. The van der Waals surface area contributed by atoms with Gasteiger partial charge in [0.25, 0.3) is 0 Å². The fourth-order valence-corrected chi connectivity index (χ4v) is 1.32. The summed E-state index contributed by atoms with van der Waals surface area (Å²) in [7, 11) is 0. The maximum atomic E-state index is 6.83. The molecule has 0 atom stereocenters. The van der Waals surface area contributed by atoms with Gasteiger partial charge in [0.05, 0.1) is 6.57 Å². The molecule has 1 aromatic heterocycles. The van der Waals surface area contributed by atoms with Crippen molar-refractivity contribution in [1.29, 1.82) is 0 Å². The monoisotopic (exact) mass is 164 g/mol. The van der Waals surface area contributed by atoms with Gasteiger partial charge in [-0.2, -0.15) is 0 Å². The molecule has 0 fully saturated rings. The van der Waals surface area contributed by atoms with Gasteiger partial charge in [0, 0.05) is 5.69 Å². The average Bonchev–Trinajstić information content (AvgIpc) is 2.04. The summed E-state index contributed by atoms with van der Waals surface area (Å²) in [5.41, 5.74) is 1.60. The molecular weight excluding hydrogens is 156 g/mol. The SMILES string of the molecule is [C-]#[N+]c1ccc(C)nc1SC. The Morgan fingerprint density at radius 1 is 1.55 bits per heavy atom. The van der Waals surface area contributed by atoms with E-state index in [1.807, 2.05) is 19.2 Å². The van der Waals surface area contributed by atoms with E-state index in [-0.39, 0.29) is 0 Å². The second-order valence-electron chi connectivity index (χ2n) is 2.09. The minimum absolute atomic E-state index is 0.642. The number of pyridine rings is 1. The van der Waals surface area contributed by atoms with Crippen molar-refractivity contribution in [2.75, 3.05) is 6.26 Å². The molecule has 0 aliphatic heterocycles. The fraction of sp³-hybridized carbons (Fsp3) is 0.250. The van der Waals surface area contributed by atoms with Crippen LogP contribution in [0, 0.1) is 13.5 Å². The summed E-state index contributed by atoms with van der Waals surface area (Å²) in [5.74, 6) is 0. The van der Waals surface area contributed by atoms with Crippen molar-refractivity contribution in [3.63, 3.8) is 0 Å². The Morgan fingerprint density at radius 2 is 2.27 bits per heavy atom. The van der Waals surface area contributed by atoms with E-state index in [0.29, 0.717) is 5.69 Å². The molecule has 0 unspecified atom stereocenters. The third-order valence-corrected chi connectivity index (χ3v) is 1.98. The molecule has 0 aliphatic carbocycles. The van der Waals surface area contributed by atoms with Gasteiger partial charge in [-0.25, -0.2) is 4.85 Å².